The van der Waals surface area contributed by atoms with Crippen LogP contribution in [0.15, 0.2) is 78.8 Å². The number of nitrogens with one attached hydrogen (secondary N) is 3. The molecule has 3 unspecified atom stereocenters. The number of hydrogen-bond acceptors (Lipinski definition) is 5. The lowest BCUT2D eigenvalue weighted by Gasteiger charge is -2.21. The van der Waals surface area contributed by atoms with Gasteiger partial charge in [0.05, 0.1) is 5.41 Å². The highest BCUT2D eigenvalue weighted by Crippen LogP contribution is 2.46. The van der Waals surface area contributed by atoms with Crippen molar-refractivity contribution in [2.75, 3.05) is 13.1 Å². The van der Waals surface area contributed by atoms with E-state index in [2.05, 4.69) is 39.6 Å². The lowest BCUT2D eigenvalue weighted by molar-refractivity contribution is -0.126. The highest BCUT2D eigenvalue weighted by molar-refractivity contribution is 5.95. The molecule has 1 aliphatic carbocycles. The Morgan fingerprint density at radius 3 is 2.85 bits per heavy atom. The van der Waals surface area contributed by atoms with Gasteiger partial charge in [0.25, 0.3) is 5.91 Å². The van der Waals surface area contributed by atoms with Crippen LogP contribution in [0.5, 0.6) is 0 Å². The van der Waals surface area contributed by atoms with Gasteiger partial charge in [0.15, 0.2) is 0 Å². The van der Waals surface area contributed by atoms with E-state index in [1.54, 1.807) is 18.3 Å². The quantitative estimate of drug-likeness (QED) is 0.500. The molecule has 174 valence electrons. The average molecular weight is 456 g/mol. The summed E-state index contributed by atoms with van der Waals surface area (Å²) in [5.74, 6) is 0.435. The lowest BCUT2D eigenvalue weighted by Crippen LogP contribution is -2.35. The van der Waals surface area contributed by atoms with Crippen LogP contribution in [0.25, 0.3) is 0 Å². The van der Waals surface area contributed by atoms with Crippen LogP contribution >= 0.6 is 0 Å². The van der Waals surface area contributed by atoms with E-state index in [1.165, 1.54) is 5.56 Å². The van der Waals surface area contributed by atoms with E-state index in [4.69, 9.17) is 5.73 Å². The number of aromatic nitrogens is 1. The minimum absolute atomic E-state index is 0.113. The van der Waals surface area contributed by atoms with Gasteiger partial charge in [0, 0.05) is 30.9 Å². The molecule has 2 amide bonds. The highest BCUT2D eigenvalue weighted by atomic mass is 16.2. The van der Waals surface area contributed by atoms with E-state index < -0.39 is 5.41 Å². The molecule has 0 radical (unpaired) electrons. The number of pyridine rings is 1. The normalized spacial score (nSPS) is 25.7. The van der Waals surface area contributed by atoms with Crippen molar-refractivity contribution in [3.63, 3.8) is 0 Å². The van der Waals surface area contributed by atoms with Crippen LogP contribution in [0.1, 0.15) is 39.6 Å². The summed E-state index contributed by atoms with van der Waals surface area (Å²) >= 11 is 0. The predicted octanol–water partition coefficient (Wildman–Crippen LogP) is 2.29. The molecule has 3 heterocycles. The van der Waals surface area contributed by atoms with Crippen molar-refractivity contribution < 1.29 is 9.59 Å². The summed E-state index contributed by atoms with van der Waals surface area (Å²) in [7, 11) is 0. The summed E-state index contributed by atoms with van der Waals surface area (Å²) in [6.45, 7) is 5.16. The number of nitrogens with zero attached hydrogens (tertiary/aromatic N) is 1. The lowest BCUT2D eigenvalue weighted by atomic mass is 9.78. The smallest absolute Gasteiger partial charge is 0.269 e. The van der Waals surface area contributed by atoms with Crippen molar-refractivity contribution in [3.05, 3.63) is 101 Å². The van der Waals surface area contributed by atoms with E-state index in [-0.39, 0.29) is 11.8 Å². The van der Waals surface area contributed by atoms with Crippen molar-refractivity contribution in [2.24, 2.45) is 17.1 Å². The molecule has 34 heavy (non-hydrogen) atoms. The summed E-state index contributed by atoms with van der Waals surface area (Å²) in [5.41, 5.74) is 9.69. The first-order valence-corrected chi connectivity index (χ1v) is 11.7. The number of benzene rings is 1. The van der Waals surface area contributed by atoms with E-state index in [0.29, 0.717) is 42.9 Å². The number of rotatable bonds is 6. The van der Waals surface area contributed by atoms with E-state index in [1.807, 2.05) is 30.3 Å². The Morgan fingerprint density at radius 2 is 2.06 bits per heavy atom. The van der Waals surface area contributed by atoms with Crippen LogP contribution in [-0.4, -0.2) is 29.9 Å². The fourth-order valence-electron chi connectivity index (χ4n) is 5.37. The number of nitrogens with two attached hydrogens (primary N) is 1. The molecule has 0 bridgehead atoms. The zero-order valence-electron chi connectivity index (χ0n) is 19.0. The fraction of sp³-hybridized carbons (Fsp3) is 0.296. The summed E-state index contributed by atoms with van der Waals surface area (Å²) in [6, 6.07) is 12.5. The van der Waals surface area contributed by atoms with Gasteiger partial charge in [-0.3, -0.25) is 14.6 Å². The molecule has 5 N–H and O–H groups in total. The maximum atomic E-state index is 12.9. The van der Waals surface area contributed by atoms with Gasteiger partial charge in [-0.15, -0.1) is 0 Å². The van der Waals surface area contributed by atoms with Gasteiger partial charge in [-0.1, -0.05) is 55.1 Å². The first-order chi connectivity index (χ1) is 16.5. The molecule has 1 saturated heterocycles. The Balaban J connectivity index is 1.24. The summed E-state index contributed by atoms with van der Waals surface area (Å²) in [5, 5.41) is 9.36. The van der Waals surface area contributed by atoms with E-state index in [9.17, 15) is 9.59 Å². The fourth-order valence-corrected chi connectivity index (χ4v) is 5.37. The number of carbonyl (C=O) groups excluding carboxylic acids is 2. The van der Waals surface area contributed by atoms with Crippen LogP contribution < -0.4 is 21.7 Å². The van der Waals surface area contributed by atoms with E-state index in [0.717, 1.165) is 29.7 Å². The van der Waals surface area contributed by atoms with E-state index >= 15 is 0 Å². The number of carbonyl (C=O) groups is 2. The Kier molecular flexibility index (Phi) is 5.79. The van der Waals surface area contributed by atoms with Gasteiger partial charge in [-0.2, -0.15) is 0 Å². The molecule has 7 nitrogen and oxygen atoms in total. The second-order valence-electron chi connectivity index (χ2n) is 9.33. The molecular formula is C27H29N5O2. The standard InChI is InChI=1S/C27H29N5O2/c1-2-3-9-21-24(28)32-26(34)27(21)12-19-11-23(30-16-20(19)13-27)25(33)31-15-17-10-22(29-14-17)18-7-5-4-6-8-18/h2-9,11,16-17,22,29H,1,10,12-15,28H2,(H,31,33)(H,32,34)/b9-3-. The number of allylic oxidation sites excluding steroid dienone is 3. The Labute approximate surface area is 199 Å². The van der Waals surface area contributed by atoms with Crippen LogP contribution in [0.2, 0.25) is 0 Å². The van der Waals surface area contributed by atoms with Gasteiger partial charge in [0.2, 0.25) is 5.91 Å². The second-order valence-corrected chi connectivity index (χ2v) is 9.33. The third-order valence-corrected chi connectivity index (χ3v) is 7.16. The number of fused-ring (bicyclic) bond motifs is 1. The molecule has 1 aromatic carbocycles. The van der Waals surface area contributed by atoms with Crippen molar-refractivity contribution in [1.29, 1.82) is 0 Å². The Morgan fingerprint density at radius 1 is 1.26 bits per heavy atom. The van der Waals surface area contributed by atoms with Gasteiger partial charge < -0.3 is 21.7 Å². The first-order valence-electron chi connectivity index (χ1n) is 11.7. The molecule has 5 rings (SSSR count). The zero-order chi connectivity index (χ0) is 23.7. The molecule has 3 aliphatic rings. The number of amides is 2. The van der Waals surface area contributed by atoms with Crippen molar-refractivity contribution in [3.8, 4) is 0 Å². The third kappa shape index (κ3) is 3.92. The van der Waals surface area contributed by atoms with Crippen molar-refractivity contribution in [1.82, 2.24) is 20.9 Å². The largest absolute Gasteiger partial charge is 0.385 e. The maximum absolute atomic E-state index is 12.9. The van der Waals surface area contributed by atoms with Crippen LogP contribution in [0.4, 0.5) is 0 Å². The molecular weight excluding hydrogens is 426 g/mol. The minimum Gasteiger partial charge on any atom is -0.385 e. The second kappa shape index (κ2) is 8.91. The van der Waals surface area contributed by atoms with Crippen molar-refractivity contribution >= 4 is 11.8 Å². The monoisotopic (exact) mass is 455 g/mol. The molecule has 7 heteroatoms. The summed E-state index contributed by atoms with van der Waals surface area (Å²) in [6.07, 6.45) is 8.97. The Bertz CT molecular complexity index is 1200. The highest BCUT2D eigenvalue weighted by Gasteiger charge is 2.51. The molecule has 0 saturated carbocycles. The first kappa shape index (κ1) is 22.1. The average Bonchev–Trinajstić information content (AvgIpc) is 3.53. The molecule has 3 atom stereocenters. The predicted molar refractivity (Wildman–Crippen MR) is 130 cm³/mol. The summed E-state index contributed by atoms with van der Waals surface area (Å²) in [4.78, 5) is 30.1. The third-order valence-electron chi connectivity index (χ3n) is 7.16. The molecule has 1 fully saturated rings. The molecule has 1 spiro atoms. The van der Waals surface area contributed by atoms with Crippen molar-refractivity contribution in [2.45, 2.75) is 25.3 Å². The number of hydrogen-bond donors (Lipinski definition) is 4. The SMILES string of the molecule is C=C/C=C\C1=C(N)NC(=O)C12Cc1cnc(C(=O)NCC3CNC(c4ccccc4)C3)cc1C2. The Hall–Kier alpha value is -3.71. The molecule has 1 aromatic heterocycles. The summed E-state index contributed by atoms with van der Waals surface area (Å²) < 4.78 is 0. The van der Waals surface area contributed by atoms with Crippen LogP contribution in [-0.2, 0) is 17.6 Å². The molecule has 2 aromatic rings. The maximum Gasteiger partial charge on any atom is 0.269 e. The minimum atomic E-state index is -0.759. The van der Waals surface area contributed by atoms with Gasteiger partial charge in [-0.05, 0) is 47.9 Å². The van der Waals surface area contributed by atoms with Crippen LogP contribution in [0.3, 0.4) is 0 Å². The van der Waals surface area contributed by atoms with Crippen LogP contribution in [0, 0.1) is 11.3 Å². The van der Waals surface area contributed by atoms with Gasteiger partial charge >= 0.3 is 0 Å². The zero-order valence-corrected chi connectivity index (χ0v) is 19.0. The van der Waals surface area contributed by atoms with Gasteiger partial charge in [0.1, 0.15) is 11.5 Å². The van der Waals surface area contributed by atoms with Gasteiger partial charge in [-0.25, -0.2) is 0 Å². The topological polar surface area (TPSA) is 109 Å². The molecule has 2 aliphatic heterocycles.